The lowest BCUT2D eigenvalue weighted by molar-refractivity contribution is 0.0758. The van der Waals surface area contributed by atoms with Crippen molar-refractivity contribution in [3.63, 3.8) is 0 Å². The third-order valence-electron chi connectivity index (χ3n) is 4.47. The lowest BCUT2D eigenvalue weighted by Crippen LogP contribution is -2.32. The summed E-state index contributed by atoms with van der Waals surface area (Å²) in [5.41, 5.74) is 0.629. The molecule has 2 atom stereocenters. The highest BCUT2D eigenvalue weighted by Crippen LogP contribution is 2.28. The summed E-state index contributed by atoms with van der Waals surface area (Å²) in [7, 11) is 0. The zero-order valence-electron chi connectivity index (χ0n) is 11.2. The fraction of sp³-hybridized carbons (Fsp3) is 0.533. The summed E-state index contributed by atoms with van der Waals surface area (Å²) in [6.07, 6.45) is 2.18. The molecule has 0 bridgehead atoms. The standard InChI is InChI=1S/C15H18Cl2N2O/c16-13-2-1-10(7-14(13)17)15(20)19-5-3-11-8-18-9-12(11)4-6-19/h1-2,7,11-12,18H,3-6,8-9H2/t11-,12+. The smallest absolute Gasteiger partial charge is 0.253 e. The second-order valence-electron chi connectivity index (χ2n) is 5.68. The number of carbonyl (C=O) groups is 1. The van der Waals surface area contributed by atoms with E-state index in [0.717, 1.165) is 50.9 Å². The summed E-state index contributed by atoms with van der Waals surface area (Å²) < 4.78 is 0. The van der Waals surface area contributed by atoms with E-state index in [1.807, 2.05) is 4.90 Å². The Labute approximate surface area is 129 Å². The molecule has 20 heavy (non-hydrogen) atoms. The van der Waals surface area contributed by atoms with Crippen molar-refractivity contribution in [1.29, 1.82) is 0 Å². The number of likely N-dealkylation sites (tertiary alicyclic amines) is 1. The molecule has 1 N–H and O–H groups in total. The van der Waals surface area contributed by atoms with E-state index >= 15 is 0 Å². The SMILES string of the molecule is O=C(c1ccc(Cl)c(Cl)c1)N1CC[C@@H]2CNC[C@@H]2CC1. The molecule has 3 nitrogen and oxygen atoms in total. The van der Waals surface area contributed by atoms with Crippen molar-refractivity contribution in [3.8, 4) is 0 Å². The fourth-order valence-corrected chi connectivity index (χ4v) is 3.53. The van der Waals surface area contributed by atoms with Crippen LogP contribution in [0.3, 0.4) is 0 Å². The van der Waals surface area contributed by atoms with Crippen molar-refractivity contribution < 1.29 is 4.79 Å². The highest BCUT2D eigenvalue weighted by atomic mass is 35.5. The zero-order chi connectivity index (χ0) is 14.1. The molecule has 2 aliphatic heterocycles. The quantitative estimate of drug-likeness (QED) is 0.864. The molecule has 0 radical (unpaired) electrons. The van der Waals surface area contributed by atoms with Crippen LogP contribution in [0.1, 0.15) is 23.2 Å². The van der Waals surface area contributed by atoms with Gasteiger partial charge in [0.25, 0.3) is 5.91 Å². The molecule has 5 heteroatoms. The van der Waals surface area contributed by atoms with Crippen LogP contribution in [0.15, 0.2) is 18.2 Å². The molecule has 0 spiro atoms. The minimum Gasteiger partial charge on any atom is -0.339 e. The predicted molar refractivity (Wildman–Crippen MR) is 81.4 cm³/mol. The van der Waals surface area contributed by atoms with Gasteiger partial charge in [-0.1, -0.05) is 23.2 Å². The molecule has 3 rings (SSSR count). The first-order valence-electron chi connectivity index (χ1n) is 7.10. The first-order chi connectivity index (χ1) is 9.65. The molecular weight excluding hydrogens is 295 g/mol. The minimum atomic E-state index is 0.0662. The number of hydrogen-bond acceptors (Lipinski definition) is 2. The Morgan fingerprint density at radius 1 is 1.10 bits per heavy atom. The predicted octanol–water partition coefficient (Wildman–Crippen LogP) is 3.07. The second-order valence-corrected chi connectivity index (χ2v) is 6.49. The number of halogens is 2. The highest BCUT2D eigenvalue weighted by Gasteiger charge is 2.31. The molecule has 108 valence electrons. The van der Waals surface area contributed by atoms with E-state index in [4.69, 9.17) is 23.2 Å². The van der Waals surface area contributed by atoms with Gasteiger partial charge in [-0.3, -0.25) is 4.79 Å². The van der Waals surface area contributed by atoms with E-state index in [9.17, 15) is 4.79 Å². The van der Waals surface area contributed by atoms with Crippen molar-refractivity contribution in [1.82, 2.24) is 10.2 Å². The van der Waals surface area contributed by atoms with Gasteiger partial charge in [0.15, 0.2) is 0 Å². The van der Waals surface area contributed by atoms with Crippen molar-refractivity contribution in [2.45, 2.75) is 12.8 Å². The summed E-state index contributed by atoms with van der Waals surface area (Å²) in [6, 6.07) is 5.11. The van der Waals surface area contributed by atoms with Gasteiger partial charge in [-0.15, -0.1) is 0 Å². The van der Waals surface area contributed by atoms with E-state index in [1.165, 1.54) is 0 Å². The van der Waals surface area contributed by atoms with Gasteiger partial charge in [0.05, 0.1) is 10.0 Å². The number of fused-ring (bicyclic) bond motifs is 1. The van der Waals surface area contributed by atoms with Gasteiger partial charge in [-0.2, -0.15) is 0 Å². The van der Waals surface area contributed by atoms with Crippen LogP contribution in [0.2, 0.25) is 10.0 Å². The average molecular weight is 313 g/mol. The van der Waals surface area contributed by atoms with E-state index in [1.54, 1.807) is 18.2 Å². The van der Waals surface area contributed by atoms with Crippen molar-refractivity contribution >= 4 is 29.1 Å². The summed E-state index contributed by atoms with van der Waals surface area (Å²) in [4.78, 5) is 14.5. The first kappa shape index (κ1) is 14.2. The molecule has 1 amide bonds. The van der Waals surface area contributed by atoms with Crippen LogP contribution >= 0.6 is 23.2 Å². The lowest BCUT2D eigenvalue weighted by atomic mass is 9.92. The van der Waals surface area contributed by atoms with E-state index in [0.29, 0.717) is 15.6 Å². The van der Waals surface area contributed by atoms with Gasteiger partial charge in [0.2, 0.25) is 0 Å². The van der Waals surface area contributed by atoms with Gasteiger partial charge >= 0.3 is 0 Å². The monoisotopic (exact) mass is 312 g/mol. The Kier molecular flexibility index (Phi) is 4.20. The van der Waals surface area contributed by atoms with Gasteiger partial charge in [-0.05, 0) is 56.0 Å². The van der Waals surface area contributed by atoms with Crippen LogP contribution in [0.4, 0.5) is 0 Å². The van der Waals surface area contributed by atoms with Gasteiger partial charge in [0.1, 0.15) is 0 Å². The Balaban J connectivity index is 1.72. The molecule has 2 heterocycles. The normalized spacial score (nSPS) is 26.2. The zero-order valence-corrected chi connectivity index (χ0v) is 12.8. The molecule has 0 aromatic heterocycles. The molecule has 1 aromatic carbocycles. The molecule has 0 saturated carbocycles. The molecule has 2 aliphatic rings. The highest BCUT2D eigenvalue weighted by molar-refractivity contribution is 6.42. The van der Waals surface area contributed by atoms with Gasteiger partial charge < -0.3 is 10.2 Å². The number of nitrogens with zero attached hydrogens (tertiary/aromatic N) is 1. The molecule has 0 unspecified atom stereocenters. The first-order valence-corrected chi connectivity index (χ1v) is 7.86. The number of hydrogen-bond donors (Lipinski definition) is 1. The molecular formula is C15H18Cl2N2O. The van der Waals surface area contributed by atoms with Gasteiger partial charge in [0, 0.05) is 18.7 Å². The van der Waals surface area contributed by atoms with E-state index < -0.39 is 0 Å². The maximum absolute atomic E-state index is 12.5. The Morgan fingerprint density at radius 3 is 2.35 bits per heavy atom. The van der Waals surface area contributed by atoms with Gasteiger partial charge in [-0.25, -0.2) is 0 Å². The van der Waals surface area contributed by atoms with Crippen molar-refractivity contribution in [3.05, 3.63) is 33.8 Å². The molecule has 2 fully saturated rings. The van der Waals surface area contributed by atoms with Crippen LogP contribution in [-0.4, -0.2) is 37.0 Å². The minimum absolute atomic E-state index is 0.0662. The third kappa shape index (κ3) is 2.80. The molecule has 1 aromatic rings. The second kappa shape index (κ2) is 5.92. The number of rotatable bonds is 1. The lowest BCUT2D eigenvalue weighted by Gasteiger charge is -2.21. The summed E-state index contributed by atoms with van der Waals surface area (Å²) in [6.45, 7) is 3.86. The Morgan fingerprint density at radius 2 is 1.75 bits per heavy atom. The maximum atomic E-state index is 12.5. The topological polar surface area (TPSA) is 32.3 Å². The van der Waals surface area contributed by atoms with Crippen molar-refractivity contribution in [2.24, 2.45) is 11.8 Å². The Hall–Kier alpha value is -0.770. The summed E-state index contributed by atoms with van der Waals surface area (Å²) >= 11 is 11.9. The van der Waals surface area contributed by atoms with Crippen LogP contribution < -0.4 is 5.32 Å². The van der Waals surface area contributed by atoms with Crippen LogP contribution in [0.5, 0.6) is 0 Å². The van der Waals surface area contributed by atoms with Crippen LogP contribution in [0.25, 0.3) is 0 Å². The molecule has 0 aliphatic carbocycles. The maximum Gasteiger partial charge on any atom is 0.253 e. The largest absolute Gasteiger partial charge is 0.339 e. The van der Waals surface area contributed by atoms with Crippen LogP contribution in [-0.2, 0) is 0 Å². The third-order valence-corrected chi connectivity index (χ3v) is 5.21. The number of amides is 1. The van der Waals surface area contributed by atoms with E-state index in [-0.39, 0.29) is 5.91 Å². The summed E-state index contributed by atoms with van der Waals surface area (Å²) in [5.74, 6) is 1.51. The van der Waals surface area contributed by atoms with Crippen LogP contribution in [0, 0.1) is 11.8 Å². The Bertz CT molecular complexity index is 507. The number of nitrogens with one attached hydrogen (secondary N) is 1. The van der Waals surface area contributed by atoms with E-state index in [2.05, 4.69) is 5.32 Å². The molecule has 2 saturated heterocycles. The average Bonchev–Trinajstić information content (AvgIpc) is 2.80. The fourth-order valence-electron chi connectivity index (χ4n) is 3.23. The number of carbonyl (C=O) groups excluding carboxylic acids is 1. The summed E-state index contributed by atoms with van der Waals surface area (Å²) in [5, 5.41) is 4.37. The van der Waals surface area contributed by atoms with Crippen molar-refractivity contribution in [2.75, 3.05) is 26.2 Å². The number of benzene rings is 1.